The zero-order chi connectivity index (χ0) is 16.3. The van der Waals surface area contributed by atoms with Gasteiger partial charge in [-0.25, -0.2) is 9.37 Å². The highest BCUT2D eigenvalue weighted by atomic mass is 19.4. The third kappa shape index (κ3) is 3.33. The average Bonchev–Trinajstić information content (AvgIpc) is 2.46. The number of pyridine rings is 1. The van der Waals surface area contributed by atoms with Crippen molar-refractivity contribution in [2.45, 2.75) is 13.1 Å². The maximum Gasteiger partial charge on any atom is 0.419 e. The molecule has 22 heavy (non-hydrogen) atoms. The number of oxime groups is 1. The predicted molar refractivity (Wildman–Crippen MR) is 69.7 cm³/mol. The third-order valence-corrected chi connectivity index (χ3v) is 2.73. The average molecular weight is 314 g/mol. The van der Waals surface area contributed by atoms with Crippen molar-refractivity contribution in [3.63, 3.8) is 0 Å². The van der Waals surface area contributed by atoms with E-state index in [4.69, 9.17) is 9.94 Å². The van der Waals surface area contributed by atoms with Crippen LogP contribution in [-0.2, 0) is 6.18 Å². The second-order valence-electron chi connectivity index (χ2n) is 4.28. The van der Waals surface area contributed by atoms with Crippen molar-refractivity contribution in [2.75, 3.05) is 0 Å². The SMILES string of the molecule is C/C(=N\O)c1ncc(Oc2ccccc2C(F)(F)F)cc1F. The molecule has 0 unspecified atom stereocenters. The fraction of sp³-hybridized carbons (Fsp3) is 0.143. The highest BCUT2D eigenvalue weighted by Crippen LogP contribution is 2.37. The van der Waals surface area contributed by atoms with Crippen molar-refractivity contribution in [3.05, 3.63) is 53.6 Å². The summed E-state index contributed by atoms with van der Waals surface area (Å²) in [4.78, 5) is 3.66. The van der Waals surface area contributed by atoms with Gasteiger partial charge in [0, 0.05) is 6.07 Å². The van der Waals surface area contributed by atoms with Crippen LogP contribution in [0.2, 0.25) is 0 Å². The Bertz CT molecular complexity index is 714. The van der Waals surface area contributed by atoms with Gasteiger partial charge in [0.2, 0.25) is 0 Å². The van der Waals surface area contributed by atoms with Crippen molar-refractivity contribution in [2.24, 2.45) is 5.16 Å². The van der Waals surface area contributed by atoms with E-state index < -0.39 is 23.3 Å². The van der Waals surface area contributed by atoms with Crippen molar-refractivity contribution in [1.29, 1.82) is 0 Å². The minimum atomic E-state index is -4.59. The molecule has 1 heterocycles. The van der Waals surface area contributed by atoms with Crippen LogP contribution in [0, 0.1) is 5.82 Å². The summed E-state index contributed by atoms with van der Waals surface area (Å²) in [5.41, 5.74) is -1.27. The second-order valence-corrected chi connectivity index (χ2v) is 4.28. The lowest BCUT2D eigenvalue weighted by atomic mass is 10.2. The van der Waals surface area contributed by atoms with Crippen LogP contribution >= 0.6 is 0 Å². The molecule has 0 radical (unpaired) electrons. The number of alkyl halides is 3. The molecule has 0 amide bonds. The maximum absolute atomic E-state index is 13.8. The molecule has 0 aliphatic heterocycles. The maximum atomic E-state index is 13.8. The van der Waals surface area contributed by atoms with E-state index in [-0.39, 0.29) is 17.2 Å². The molecule has 0 saturated heterocycles. The number of aromatic nitrogens is 1. The number of hydrogen-bond acceptors (Lipinski definition) is 4. The number of hydrogen-bond donors (Lipinski definition) is 1. The van der Waals surface area contributed by atoms with Crippen LogP contribution in [0.25, 0.3) is 0 Å². The fourth-order valence-electron chi connectivity index (χ4n) is 1.71. The summed E-state index contributed by atoms with van der Waals surface area (Å²) < 4.78 is 57.3. The van der Waals surface area contributed by atoms with Crippen molar-refractivity contribution in [1.82, 2.24) is 4.98 Å². The molecule has 2 aromatic rings. The van der Waals surface area contributed by atoms with E-state index in [2.05, 4.69) is 10.1 Å². The normalized spacial score (nSPS) is 12.3. The van der Waals surface area contributed by atoms with Gasteiger partial charge in [-0.1, -0.05) is 17.3 Å². The van der Waals surface area contributed by atoms with E-state index in [9.17, 15) is 17.6 Å². The lowest BCUT2D eigenvalue weighted by Crippen LogP contribution is -2.07. The number of ether oxygens (including phenoxy) is 1. The van der Waals surface area contributed by atoms with Gasteiger partial charge in [0.15, 0.2) is 5.82 Å². The molecule has 0 fully saturated rings. The molecular formula is C14H10F4N2O2. The third-order valence-electron chi connectivity index (χ3n) is 2.73. The van der Waals surface area contributed by atoms with Gasteiger partial charge < -0.3 is 9.94 Å². The number of halogens is 4. The lowest BCUT2D eigenvalue weighted by Gasteiger charge is -2.13. The minimum Gasteiger partial charge on any atom is -0.455 e. The fourth-order valence-corrected chi connectivity index (χ4v) is 1.71. The molecule has 8 heteroatoms. The summed E-state index contributed by atoms with van der Waals surface area (Å²) in [6, 6.07) is 5.43. The highest BCUT2D eigenvalue weighted by Gasteiger charge is 2.34. The molecule has 0 aliphatic rings. The van der Waals surface area contributed by atoms with E-state index in [0.29, 0.717) is 0 Å². The topological polar surface area (TPSA) is 54.7 Å². The molecule has 1 aromatic carbocycles. The smallest absolute Gasteiger partial charge is 0.419 e. The van der Waals surface area contributed by atoms with Gasteiger partial charge >= 0.3 is 6.18 Å². The van der Waals surface area contributed by atoms with Crippen LogP contribution in [0.1, 0.15) is 18.2 Å². The van der Waals surface area contributed by atoms with Crippen LogP contribution in [0.5, 0.6) is 11.5 Å². The Kier molecular flexibility index (Phi) is 4.30. The van der Waals surface area contributed by atoms with Gasteiger partial charge in [-0.05, 0) is 19.1 Å². The number of rotatable bonds is 3. The van der Waals surface area contributed by atoms with E-state index in [0.717, 1.165) is 24.4 Å². The summed E-state index contributed by atoms with van der Waals surface area (Å²) in [6.45, 7) is 1.32. The predicted octanol–water partition coefficient (Wildman–Crippen LogP) is 4.23. The molecule has 0 bridgehead atoms. The standard InChI is InChI=1S/C14H10F4N2O2/c1-8(20-21)13-11(15)6-9(7-19-13)22-12-5-3-2-4-10(12)14(16,17)18/h2-7,21H,1H3/b20-8+. The molecule has 0 saturated carbocycles. The zero-order valence-corrected chi connectivity index (χ0v) is 11.2. The molecule has 0 spiro atoms. The van der Waals surface area contributed by atoms with Gasteiger partial charge in [-0.15, -0.1) is 0 Å². The summed E-state index contributed by atoms with van der Waals surface area (Å²) in [5, 5.41) is 11.4. The first-order chi connectivity index (χ1) is 10.3. The molecule has 2 rings (SSSR count). The largest absolute Gasteiger partial charge is 0.455 e. The lowest BCUT2D eigenvalue weighted by molar-refractivity contribution is -0.138. The van der Waals surface area contributed by atoms with Crippen molar-refractivity contribution < 1.29 is 27.5 Å². The highest BCUT2D eigenvalue weighted by molar-refractivity contribution is 5.96. The zero-order valence-electron chi connectivity index (χ0n) is 11.2. The van der Waals surface area contributed by atoms with Crippen molar-refractivity contribution >= 4 is 5.71 Å². The van der Waals surface area contributed by atoms with E-state index in [1.165, 1.54) is 19.1 Å². The van der Waals surface area contributed by atoms with Crippen LogP contribution in [-0.4, -0.2) is 15.9 Å². The Labute approximate surface area is 122 Å². The number of nitrogens with zero attached hydrogens (tertiary/aromatic N) is 2. The summed E-state index contributed by atoms with van der Waals surface area (Å²) in [5.74, 6) is -1.54. The molecule has 116 valence electrons. The first kappa shape index (κ1) is 15.7. The molecule has 0 atom stereocenters. The van der Waals surface area contributed by atoms with Crippen LogP contribution in [0.15, 0.2) is 41.7 Å². The Morgan fingerprint density at radius 1 is 1.27 bits per heavy atom. The van der Waals surface area contributed by atoms with E-state index in [1.807, 2.05) is 0 Å². The van der Waals surface area contributed by atoms with E-state index in [1.54, 1.807) is 0 Å². The first-order valence-electron chi connectivity index (χ1n) is 6.01. The molecule has 4 nitrogen and oxygen atoms in total. The van der Waals surface area contributed by atoms with Gasteiger partial charge in [0.25, 0.3) is 0 Å². The minimum absolute atomic E-state index is 0.0697. The number of benzene rings is 1. The van der Waals surface area contributed by atoms with Crippen LogP contribution < -0.4 is 4.74 Å². The quantitative estimate of drug-likeness (QED) is 0.399. The molecule has 1 aromatic heterocycles. The summed E-state index contributed by atoms with van der Waals surface area (Å²) in [6.07, 6.45) is -3.55. The summed E-state index contributed by atoms with van der Waals surface area (Å²) >= 11 is 0. The van der Waals surface area contributed by atoms with E-state index >= 15 is 0 Å². The van der Waals surface area contributed by atoms with Crippen molar-refractivity contribution in [3.8, 4) is 11.5 Å². The molecule has 0 aliphatic carbocycles. The Hall–Kier alpha value is -2.64. The van der Waals surface area contributed by atoms with Gasteiger partial charge in [-0.2, -0.15) is 13.2 Å². The first-order valence-corrected chi connectivity index (χ1v) is 6.01. The second kappa shape index (κ2) is 6.00. The Morgan fingerprint density at radius 3 is 2.55 bits per heavy atom. The molecular weight excluding hydrogens is 304 g/mol. The Balaban J connectivity index is 2.35. The molecule has 1 N–H and O–H groups in total. The van der Waals surface area contributed by atoms with Gasteiger partial charge in [0.1, 0.15) is 22.9 Å². The monoisotopic (exact) mass is 314 g/mol. The van der Waals surface area contributed by atoms with Gasteiger partial charge in [-0.3, -0.25) is 0 Å². The number of para-hydroxylation sites is 1. The van der Waals surface area contributed by atoms with Crippen LogP contribution in [0.3, 0.4) is 0 Å². The summed E-state index contributed by atoms with van der Waals surface area (Å²) in [7, 11) is 0. The van der Waals surface area contributed by atoms with Gasteiger partial charge in [0.05, 0.1) is 11.8 Å². The van der Waals surface area contributed by atoms with Crippen LogP contribution in [0.4, 0.5) is 17.6 Å². The Morgan fingerprint density at radius 2 is 1.95 bits per heavy atom.